The van der Waals surface area contributed by atoms with Crippen LogP contribution in [0.4, 0.5) is 0 Å². The predicted octanol–water partition coefficient (Wildman–Crippen LogP) is 0.0971. The minimum atomic E-state index is -0.711. The first-order chi connectivity index (χ1) is 7.07. The molecule has 1 saturated carbocycles. The number of likely N-dealkylation sites (tertiary alicyclic amines) is 1. The summed E-state index contributed by atoms with van der Waals surface area (Å²) in [4.78, 5) is 14.0. The third-order valence-electron chi connectivity index (χ3n) is 3.73. The van der Waals surface area contributed by atoms with Crippen LogP contribution in [0.25, 0.3) is 0 Å². The average Bonchev–Trinajstić information content (AvgIpc) is 2.96. The molecule has 4 heteroatoms. The van der Waals surface area contributed by atoms with Gasteiger partial charge in [-0.25, -0.2) is 0 Å². The topological polar surface area (TPSA) is 66.6 Å². The second kappa shape index (κ2) is 3.76. The predicted molar refractivity (Wildman–Crippen MR) is 57.1 cm³/mol. The van der Waals surface area contributed by atoms with Gasteiger partial charge >= 0.3 is 0 Å². The Morgan fingerprint density at radius 3 is 2.73 bits per heavy atom. The van der Waals surface area contributed by atoms with Crippen molar-refractivity contribution in [3.8, 4) is 0 Å². The normalized spacial score (nSPS) is 30.3. The monoisotopic (exact) mass is 212 g/mol. The standard InChI is InChI=1S/C11H20N2O2/c1-11(12,8-4-5-8)10(15)13-6-2-3-9(13)7-14/h8-9,14H,2-7,12H2,1H3/t9-,11?/m0/s1. The van der Waals surface area contributed by atoms with E-state index in [-0.39, 0.29) is 18.6 Å². The Kier molecular flexibility index (Phi) is 2.73. The summed E-state index contributed by atoms with van der Waals surface area (Å²) in [7, 11) is 0. The summed E-state index contributed by atoms with van der Waals surface area (Å²) in [6.45, 7) is 2.65. The van der Waals surface area contributed by atoms with Gasteiger partial charge in [0.05, 0.1) is 18.2 Å². The maximum absolute atomic E-state index is 12.2. The van der Waals surface area contributed by atoms with Gasteiger partial charge in [-0.1, -0.05) is 0 Å². The SMILES string of the molecule is CC(N)(C(=O)N1CCC[C@H]1CO)C1CC1. The van der Waals surface area contributed by atoms with Gasteiger partial charge in [0.25, 0.3) is 0 Å². The zero-order chi connectivity index (χ0) is 11.1. The highest BCUT2D eigenvalue weighted by Gasteiger charge is 2.47. The fourth-order valence-corrected chi connectivity index (χ4v) is 2.46. The molecular weight excluding hydrogens is 192 g/mol. The van der Waals surface area contributed by atoms with Crippen molar-refractivity contribution in [3.63, 3.8) is 0 Å². The molecule has 1 aliphatic carbocycles. The molecule has 1 saturated heterocycles. The molecule has 0 aromatic carbocycles. The van der Waals surface area contributed by atoms with Gasteiger partial charge < -0.3 is 15.7 Å². The summed E-state index contributed by atoms with van der Waals surface area (Å²) in [5.41, 5.74) is 5.38. The molecule has 0 spiro atoms. The summed E-state index contributed by atoms with van der Waals surface area (Å²) >= 11 is 0. The van der Waals surface area contributed by atoms with Gasteiger partial charge in [-0.3, -0.25) is 4.79 Å². The van der Waals surface area contributed by atoms with E-state index in [1.54, 1.807) is 4.90 Å². The van der Waals surface area contributed by atoms with Gasteiger partial charge in [0.15, 0.2) is 0 Å². The van der Waals surface area contributed by atoms with E-state index in [4.69, 9.17) is 5.73 Å². The lowest BCUT2D eigenvalue weighted by atomic mass is 9.95. The maximum atomic E-state index is 12.2. The molecule has 15 heavy (non-hydrogen) atoms. The molecule has 1 aliphatic heterocycles. The van der Waals surface area contributed by atoms with Crippen LogP contribution in [-0.4, -0.2) is 40.6 Å². The number of nitrogens with zero attached hydrogens (tertiary/aromatic N) is 1. The minimum Gasteiger partial charge on any atom is -0.394 e. The van der Waals surface area contributed by atoms with Gasteiger partial charge in [0.1, 0.15) is 0 Å². The molecule has 0 radical (unpaired) electrons. The van der Waals surface area contributed by atoms with Crippen LogP contribution in [0.5, 0.6) is 0 Å². The number of rotatable bonds is 3. The van der Waals surface area contributed by atoms with Crippen LogP contribution >= 0.6 is 0 Å². The Hall–Kier alpha value is -0.610. The number of amides is 1. The van der Waals surface area contributed by atoms with Gasteiger partial charge in [-0.2, -0.15) is 0 Å². The van der Waals surface area contributed by atoms with Crippen LogP contribution < -0.4 is 5.73 Å². The van der Waals surface area contributed by atoms with Gasteiger partial charge in [0, 0.05) is 6.54 Å². The fourth-order valence-electron chi connectivity index (χ4n) is 2.46. The van der Waals surface area contributed by atoms with Crippen molar-refractivity contribution in [3.05, 3.63) is 0 Å². The lowest BCUT2D eigenvalue weighted by molar-refractivity contribution is -0.138. The lowest BCUT2D eigenvalue weighted by Crippen LogP contribution is -2.56. The van der Waals surface area contributed by atoms with Crippen molar-refractivity contribution < 1.29 is 9.90 Å². The Morgan fingerprint density at radius 2 is 2.20 bits per heavy atom. The van der Waals surface area contributed by atoms with E-state index in [1.807, 2.05) is 6.92 Å². The molecule has 0 bridgehead atoms. The summed E-state index contributed by atoms with van der Waals surface area (Å²) < 4.78 is 0. The average molecular weight is 212 g/mol. The van der Waals surface area contributed by atoms with Gasteiger partial charge in [-0.05, 0) is 38.5 Å². The Balaban J connectivity index is 2.06. The molecule has 2 atom stereocenters. The van der Waals surface area contributed by atoms with E-state index in [9.17, 15) is 9.90 Å². The highest BCUT2D eigenvalue weighted by Crippen LogP contribution is 2.39. The number of carbonyl (C=O) groups excluding carboxylic acids is 1. The number of nitrogens with two attached hydrogens (primary N) is 1. The number of hydrogen-bond acceptors (Lipinski definition) is 3. The van der Waals surface area contributed by atoms with E-state index < -0.39 is 5.54 Å². The summed E-state index contributed by atoms with van der Waals surface area (Å²) in [6, 6.07) is -0.000810. The highest BCUT2D eigenvalue weighted by atomic mass is 16.3. The molecule has 3 N–H and O–H groups in total. The second-order valence-corrected chi connectivity index (χ2v) is 5.03. The zero-order valence-corrected chi connectivity index (χ0v) is 9.28. The number of carbonyl (C=O) groups is 1. The second-order valence-electron chi connectivity index (χ2n) is 5.03. The Labute approximate surface area is 90.4 Å². The Bertz CT molecular complexity index is 261. The smallest absolute Gasteiger partial charge is 0.242 e. The van der Waals surface area contributed by atoms with Gasteiger partial charge in [-0.15, -0.1) is 0 Å². The van der Waals surface area contributed by atoms with E-state index in [2.05, 4.69) is 0 Å². The van der Waals surface area contributed by atoms with Crippen LogP contribution in [0.15, 0.2) is 0 Å². The molecule has 86 valence electrons. The van der Waals surface area contributed by atoms with Crippen LogP contribution in [0.1, 0.15) is 32.6 Å². The fraction of sp³-hybridized carbons (Fsp3) is 0.909. The minimum absolute atomic E-state index is 0.000810. The summed E-state index contributed by atoms with van der Waals surface area (Å²) in [5, 5.41) is 9.17. The van der Waals surface area contributed by atoms with Crippen molar-refractivity contribution >= 4 is 5.91 Å². The largest absolute Gasteiger partial charge is 0.394 e. The van der Waals surface area contributed by atoms with Crippen molar-refractivity contribution in [2.24, 2.45) is 11.7 Å². The summed E-state index contributed by atoms with van der Waals surface area (Å²) in [6.07, 6.45) is 4.02. The summed E-state index contributed by atoms with van der Waals surface area (Å²) in [5.74, 6) is 0.381. The lowest BCUT2D eigenvalue weighted by Gasteiger charge is -2.32. The molecule has 2 fully saturated rings. The molecular formula is C11H20N2O2. The van der Waals surface area contributed by atoms with Crippen molar-refractivity contribution in [1.29, 1.82) is 0 Å². The van der Waals surface area contributed by atoms with E-state index in [0.717, 1.165) is 32.2 Å². The molecule has 1 unspecified atom stereocenters. The third kappa shape index (κ3) is 1.88. The third-order valence-corrected chi connectivity index (χ3v) is 3.73. The zero-order valence-electron chi connectivity index (χ0n) is 9.28. The first kappa shape index (κ1) is 10.9. The molecule has 1 amide bonds. The van der Waals surface area contributed by atoms with Crippen LogP contribution in [0.3, 0.4) is 0 Å². The van der Waals surface area contributed by atoms with Gasteiger partial charge in [0.2, 0.25) is 5.91 Å². The number of aliphatic hydroxyl groups excluding tert-OH is 1. The van der Waals surface area contributed by atoms with E-state index in [1.165, 1.54) is 0 Å². The highest BCUT2D eigenvalue weighted by molar-refractivity contribution is 5.87. The van der Waals surface area contributed by atoms with Crippen LogP contribution in [0, 0.1) is 5.92 Å². The number of hydrogen-bond donors (Lipinski definition) is 2. The quantitative estimate of drug-likeness (QED) is 0.697. The van der Waals surface area contributed by atoms with E-state index in [0.29, 0.717) is 5.92 Å². The van der Waals surface area contributed by atoms with Crippen molar-refractivity contribution in [1.82, 2.24) is 4.90 Å². The molecule has 2 aliphatic rings. The first-order valence-corrected chi connectivity index (χ1v) is 5.78. The van der Waals surface area contributed by atoms with E-state index >= 15 is 0 Å². The molecule has 2 rings (SSSR count). The Morgan fingerprint density at radius 1 is 1.53 bits per heavy atom. The molecule has 1 heterocycles. The molecule has 0 aromatic heterocycles. The molecule has 4 nitrogen and oxygen atoms in total. The van der Waals surface area contributed by atoms with Crippen LogP contribution in [-0.2, 0) is 4.79 Å². The number of aliphatic hydroxyl groups is 1. The molecule has 0 aromatic rings. The van der Waals surface area contributed by atoms with Crippen molar-refractivity contribution in [2.45, 2.75) is 44.2 Å². The first-order valence-electron chi connectivity index (χ1n) is 5.78. The van der Waals surface area contributed by atoms with Crippen LogP contribution in [0.2, 0.25) is 0 Å². The van der Waals surface area contributed by atoms with Crippen molar-refractivity contribution in [2.75, 3.05) is 13.2 Å². The maximum Gasteiger partial charge on any atom is 0.242 e.